The Morgan fingerprint density at radius 2 is 2.24 bits per heavy atom. The smallest absolute Gasteiger partial charge is 0.0995 e. The first-order valence-corrected chi connectivity index (χ1v) is 6.18. The summed E-state index contributed by atoms with van der Waals surface area (Å²) < 4.78 is 0. The molecular formula is C14H19N3. The van der Waals surface area contributed by atoms with Gasteiger partial charge in [-0.3, -0.25) is 4.90 Å². The molecule has 1 saturated heterocycles. The SMILES string of the molecule is CC1CC(N)CCN1Cc1ccccc1C#N. The summed E-state index contributed by atoms with van der Waals surface area (Å²) in [7, 11) is 0. The predicted molar refractivity (Wildman–Crippen MR) is 68.2 cm³/mol. The minimum absolute atomic E-state index is 0.340. The van der Waals surface area contributed by atoms with Crippen molar-refractivity contribution in [3.63, 3.8) is 0 Å². The van der Waals surface area contributed by atoms with Gasteiger partial charge in [-0.2, -0.15) is 5.26 Å². The van der Waals surface area contributed by atoms with Crippen LogP contribution in [0.3, 0.4) is 0 Å². The monoisotopic (exact) mass is 229 g/mol. The van der Waals surface area contributed by atoms with Crippen LogP contribution in [-0.2, 0) is 6.54 Å². The molecule has 0 aromatic heterocycles. The maximum atomic E-state index is 9.07. The summed E-state index contributed by atoms with van der Waals surface area (Å²) in [6.45, 7) is 4.10. The van der Waals surface area contributed by atoms with Gasteiger partial charge in [0.2, 0.25) is 0 Å². The molecule has 2 rings (SSSR count). The topological polar surface area (TPSA) is 53.0 Å². The van der Waals surface area contributed by atoms with Gasteiger partial charge in [0.05, 0.1) is 11.6 Å². The van der Waals surface area contributed by atoms with E-state index in [2.05, 4.69) is 17.9 Å². The van der Waals surface area contributed by atoms with E-state index in [1.165, 1.54) is 0 Å². The van der Waals surface area contributed by atoms with Crippen LogP contribution in [0.15, 0.2) is 24.3 Å². The van der Waals surface area contributed by atoms with E-state index >= 15 is 0 Å². The van der Waals surface area contributed by atoms with Gasteiger partial charge in [-0.15, -0.1) is 0 Å². The molecule has 0 spiro atoms. The molecule has 2 atom stereocenters. The second kappa shape index (κ2) is 5.31. The number of nitrogens with two attached hydrogens (primary N) is 1. The van der Waals surface area contributed by atoms with Crippen molar-refractivity contribution in [3.05, 3.63) is 35.4 Å². The molecule has 1 aromatic rings. The van der Waals surface area contributed by atoms with Crippen LogP contribution in [0.4, 0.5) is 0 Å². The summed E-state index contributed by atoms with van der Waals surface area (Å²) in [5, 5.41) is 9.07. The Kier molecular flexibility index (Phi) is 3.78. The largest absolute Gasteiger partial charge is 0.328 e. The number of hydrogen-bond acceptors (Lipinski definition) is 3. The molecule has 1 aliphatic heterocycles. The molecule has 1 fully saturated rings. The quantitative estimate of drug-likeness (QED) is 0.842. The van der Waals surface area contributed by atoms with Gasteiger partial charge in [0.15, 0.2) is 0 Å². The first kappa shape index (κ1) is 12.1. The maximum absolute atomic E-state index is 9.07. The first-order chi connectivity index (χ1) is 8.20. The Labute approximate surface area is 103 Å². The number of hydrogen-bond donors (Lipinski definition) is 1. The van der Waals surface area contributed by atoms with E-state index in [0.29, 0.717) is 12.1 Å². The van der Waals surface area contributed by atoms with Gasteiger partial charge in [-0.1, -0.05) is 18.2 Å². The van der Waals surface area contributed by atoms with E-state index in [0.717, 1.165) is 37.1 Å². The Hall–Kier alpha value is -1.37. The molecular weight excluding hydrogens is 210 g/mol. The number of benzene rings is 1. The zero-order valence-electron chi connectivity index (χ0n) is 10.3. The molecule has 2 unspecified atom stereocenters. The molecule has 0 aliphatic carbocycles. The molecule has 1 aromatic carbocycles. The summed E-state index contributed by atoms with van der Waals surface area (Å²) in [6.07, 6.45) is 2.10. The lowest BCUT2D eigenvalue weighted by Gasteiger charge is -2.36. The molecule has 17 heavy (non-hydrogen) atoms. The van der Waals surface area contributed by atoms with Crippen LogP contribution in [-0.4, -0.2) is 23.5 Å². The summed E-state index contributed by atoms with van der Waals surface area (Å²) in [5.74, 6) is 0. The molecule has 0 bridgehead atoms. The van der Waals surface area contributed by atoms with Crippen LogP contribution >= 0.6 is 0 Å². The summed E-state index contributed by atoms with van der Waals surface area (Å²) >= 11 is 0. The number of nitrogens with zero attached hydrogens (tertiary/aromatic N) is 2. The lowest BCUT2D eigenvalue weighted by atomic mass is 9.98. The van der Waals surface area contributed by atoms with Crippen molar-refractivity contribution >= 4 is 0 Å². The highest BCUT2D eigenvalue weighted by Gasteiger charge is 2.23. The third kappa shape index (κ3) is 2.85. The molecule has 0 saturated carbocycles. The summed E-state index contributed by atoms with van der Waals surface area (Å²) in [5.41, 5.74) is 7.87. The van der Waals surface area contributed by atoms with E-state index in [4.69, 9.17) is 11.0 Å². The van der Waals surface area contributed by atoms with E-state index in [1.54, 1.807) is 0 Å². The normalized spacial score (nSPS) is 25.5. The molecule has 0 radical (unpaired) electrons. The molecule has 90 valence electrons. The fourth-order valence-electron chi connectivity index (χ4n) is 2.48. The van der Waals surface area contributed by atoms with E-state index in [1.807, 2.05) is 24.3 Å². The highest BCUT2D eigenvalue weighted by atomic mass is 15.2. The summed E-state index contributed by atoms with van der Waals surface area (Å²) in [4.78, 5) is 2.42. The van der Waals surface area contributed by atoms with Crippen molar-refractivity contribution in [2.75, 3.05) is 6.54 Å². The summed E-state index contributed by atoms with van der Waals surface area (Å²) in [6, 6.07) is 10.9. The number of likely N-dealkylation sites (tertiary alicyclic amines) is 1. The Morgan fingerprint density at radius 3 is 2.94 bits per heavy atom. The Bertz CT molecular complexity index is 422. The fourth-order valence-corrected chi connectivity index (χ4v) is 2.48. The van der Waals surface area contributed by atoms with E-state index in [-0.39, 0.29) is 0 Å². The third-order valence-corrected chi connectivity index (χ3v) is 3.57. The molecule has 3 heteroatoms. The van der Waals surface area contributed by atoms with Gasteiger partial charge in [0.25, 0.3) is 0 Å². The molecule has 1 aliphatic rings. The average Bonchev–Trinajstić information content (AvgIpc) is 2.33. The fraction of sp³-hybridized carbons (Fsp3) is 0.500. The van der Waals surface area contributed by atoms with Crippen molar-refractivity contribution < 1.29 is 0 Å². The van der Waals surface area contributed by atoms with Crippen LogP contribution in [0.25, 0.3) is 0 Å². The zero-order chi connectivity index (χ0) is 12.3. The molecule has 1 heterocycles. The number of nitriles is 1. The van der Waals surface area contributed by atoms with Crippen molar-refractivity contribution in [2.45, 2.75) is 38.4 Å². The Balaban J connectivity index is 2.08. The number of rotatable bonds is 2. The van der Waals surface area contributed by atoms with Gasteiger partial charge in [0, 0.05) is 25.2 Å². The van der Waals surface area contributed by atoms with Crippen LogP contribution in [0.1, 0.15) is 30.9 Å². The van der Waals surface area contributed by atoms with Gasteiger partial charge < -0.3 is 5.73 Å². The van der Waals surface area contributed by atoms with Crippen molar-refractivity contribution in [2.24, 2.45) is 5.73 Å². The maximum Gasteiger partial charge on any atom is 0.0995 e. The molecule has 0 amide bonds. The van der Waals surface area contributed by atoms with Gasteiger partial charge in [-0.25, -0.2) is 0 Å². The van der Waals surface area contributed by atoms with E-state index < -0.39 is 0 Å². The van der Waals surface area contributed by atoms with Crippen molar-refractivity contribution in [1.82, 2.24) is 4.90 Å². The first-order valence-electron chi connectivity index (χ1n) is 6.18. The lowest BCUT2D eigenvalue weighted by molar-refractivity contribution is 0.140. The minimum atomic E-state index is 0.340. The standard InChI is InChI=1S/C14H19N3/c1-11-8-14(16)6-7-17(11)10-13-5-3-2-4-12(13)9-15/h2-5,11,14H,6-8,10,16H2,1H3. The molecule has 2 N–H and O–H groups in total. The molecule has 3 nitrogen and oxygen atoms in total. The van der Waals surface area contributed by atoms with Crippen LogP contribution in [0.5, 0.6) is 0 Å². The van der Waals surface area contributed by atoms with Gasteiger partial charge >= 0.3 is 0 Å². The highest BCUT2D eigenvalue weighted by Crippen LogP contribution is 2.20. The second-order valence-corrected chi connectivity index (χ2v) is 4.87. The highest BCUT2D eigenvalue weighted by molar-refractivity contribution is 5.37. The predicted octanol–water partition coefficient (Wildman–Crippen LogP) is 1.87. The average molecular weight is 229 g/mol. The third-order valence-electron chi connectivity index (χ3n) is 3.57. The van der Waals surface area contributed by atoms with Gasteiger partial charge in [-0.05, 0) is 31.4 Å². The number of piperidine rings is 1. The lowest BCUT2D eigenvalue weighted by Crippen LogP contribution is -2.45. The van der Waals surface area contributed by atoms with E-state index in [9.17, 15) is 0 Å². The van der Waals surface area contributed by atoms with Crippen LogP contribution in [0.2, 0.25) is 0 Å². The Morgan fingerprint density at radius 1 is 1.47 bits per heavy atom. The van der Waals surface area contributed by atoms with Crippen molar-refractivity contribution in [1.29, 1.82) is 5.26 Å². The second-order valence-electron chi connectivity index (χ2n) is 4.87. The van der Waals surface area contributed by atoms with Crippen LogP contribution in [0, 0.1) is 11.3 Å². The zero-order valence-corrected chi connectivity index (χ0v) is 10.3. The van der Waals surface area contributed by atoms with Gasteiger partial charge in [0.1, 0.15) is 0 Å². The van der Waals surface area contributed by atoms with Crippen LogP contribution < -0.4 is 5.73 Å². The van der Waals surface area contributed by atoms with Crippen molar-refractivity contribution in [3.8, 4) is 6.07 Å². The minimum Gasteiger partial charge on any atom is -0.328 e.